The number of carbonyl (C=O) groups is 3. The quantitative estimate of drug-likeness (QED) is 0.407. The lowest BCUT2D eigenvalue weighted by Crippen LogP contribution is -2.27. The van der Waals surface area contributed by atoms with Crippen LogP contribution in [0.4, 0.5) is 11.4 Å². The Hall–Kier alpha value is -4.32. The molecular formula is C22H20N4O5. The number of hydrogen-bond acceptors (Lipinski definition) is 8. The number of nitrogens with zero attached hydrogens (tertiary/aromatic N) is 3. The monoisotopic (exact) mass is 420 g/mol. The normalized spacial score (nSPS) is 12.1. The zero-order valence-electron chi connectivity index (χ0n) is 17.0. The molecule has 2 aromatic carbocycles. The van der Waals surface area contributed by atoms with Gasteiger partial charge in [0, 0.05) is 14.1 Å². The molecule has 0 unspecified atom stereocenters. The minimum absolute atomic E-state index is 0.107. The highest BCUT2D eigenvalue weighted by molar-refractivity contribution is 6.04. The molecule has 0 spiro atoms. The molecule has 9 nitrogen and oxygen atoms in total. The van der Waals surface area contributed by atoms with Gasteiger partial charge in [-0.25, -0.2) is 4.79 Å². The topological polar surface area (TPSA) is 126 Å². The average Bonchev–Trinajstić information content (AvgIpc) is 3.02. The fourth-order valence-electron chi connectivity index (χ4n) is 3.19. The van der Waals surface area contributed by atoms with Crippen molar-refractivity contribution in [2.75, 3.05) is 37.1 Å². The van der Waals surface area contributed by atoms with Gasteiger partial charge in [-0.2, -0.15) is 5.26 Å². The Morgan fingerprint density at radius 2 is 1.55 bits per heavy atom. The van der Waals surface area contributed by atoms with E-state index in [2.05, 4.69) is 0 Å². The SMILES string of the molecule is CN1C(=C(C#N)C(=O)COC(=O)c2ccc(OCC(N)=O)cc2)N(C)c2ccccc21. The summed E-state index contributed by atoms with van der Waals surface area (Å²) < 4.78 is 10.2. The van der Waals surface area contributed by atoms with Crippen molar-refractivity contribution in [1.82, 2.24) is 0 Å². The van der Waals surface area contributed by atoms with Crippen molar-refractivity contribution in [3.05, 3.63) is 65.5 Å². The second kappa shape index (κ2) is 9.00. The first kappa shape index (κ1) is 21.4. The molecule has 1 heterocycles. The second-order valence-electron chi connectivity index (χ2n) is 6.70. The lowest BCUT2D eigenvalue weighted by atomic mass is 10.2. The average molecular weight is 420 g/mol. The second-order valence-corrected chi connectivity index (χ2v) is 6.70. The molecule has 0 aliphatic carbocycles. The number of hydrogen-bond donors (Lipinski definition) is 1. The molecule has 0 radical (unpaired) electrons. The van der Waals surface area contributed by atoms with Gasteiger partial charge in [-0.05, 0) is 36.4 Å². The van der Waals surface area contributed by atoms with Gasteiger partial charge in [0.25, 0.3) is 5.91 Å². The molecular weight excluding hydrogens is 400 g/mol. The van der Waals surface area contributed by atoms with Crippen LogP contribution in [0.1, 0.15) is 10.4 Å². The number of para-hydroxylation sites is 2. The van der Waals surface area contributed by atoms with E-state index in [1.807, 2.05) is 30.3 Å². The van der Waals surface area contributed by atoms with Crippen LogP contribution in [0.25, 0.3) is 0 Å². The van der Waals surface area contributed by atoms with Crippen LogP contribution in [0.5, 0.6) is 5.75 Å². The minimum atomic E-state index is -0.728. The number of fused-ring (bicyclic) bond motifs is 1. The number of amides is 1. The Bertz CT molecular complexity index is 1070. The van der Waals surface area contributed by atoms with Gasteiger partial charge >= 0.3 is 5.97 Å². The lowest BCUT2D eigenvalue weighted by Gasteiger charge is -2.19. The molecule has 0 bridgehead atoms. The molecule has 9 heteroatoms. The summed E-state index contributed by atoms with van der Waals surface area (Å²) in [7, 11) is 3.52. The summed E-state index contributed by atoms with van der Waals surface area (Å²) in [5.74, 6) is -1.19. The van der Waals surface area contributed by atoms with E-state index in [1.54, 1.807) is 23.9 Å². The van der Waals surface area contributed by atoms with Crippen molar-refractivity contribution >= 4 is 29.0 Å². The van der Waals surface area contributed by atoms with Crippen LogP contribution in [0.2, 0.25) is 0 Å². The standard InChI is InChI=1S/C22H20N4O5/c1-25-17-5-3-4-6-18(17)26(2)21(25)16(11-23)19(27)12-31-22(29)14-7-9-15(10-8-14)30-13-20(24)28/h3-10H,12-13H2,1-2H3,(H2,24,28). The Labute approximate surface area is 178 Å². The largest absolute Gasteiger partial charge is 0.484 e. The van der Waals surface area contributed by atoms with Gasteiger partial charge in [-0.15, -0.1) is 0 Å². The van der Waals surface area contributed by atoms with Gasteiger partial charge in [0.05, 0.1) is 16.9 Å². The Kier molecular flexibility index (Phi) is 6.21. The first-order valence-corrected chi connectivity index (χ1v) is 9.25. The predicted molar refractivity (Wildman–Crippen MR) is 112 cm³/mol. The van der Waals surface area contributed by atoms with Crippen molar-refractivity contribution in [1.29, 1.82) is 5.26 Å². The van der Waals surface area contributed by atoms with Gasteiger partial charge in [0.2, 0.25) is 5.78 Å². The van der Waals surface area contributed by atoms with E-state index in [-0.39, 0.29) is 17.7 Å². The molecule has 0 saturated carbocycles. The number of rotatable bonds is 7. The maximum Gasteiger partial charge on any atom is 0.338 e. The summed E-state index contributed by atoms with van der Waals surface area (Å²) in [4.78, 5) is 39.2. The van der Waals surface area contributed by atoms with Crippen LogP contribution in [0, 0.1) is 11.3 Å². The first-order valence-electron chi connectivity index (χ1n) is 9.25. The van der Waals surface area contributed by atoms with Crippen LogP contribution < -0.4 is 20.3 Å². The third-order valence-electron chi connectivity index (χ3n) is 4.66. The fourth-order valence-corrected chi connectivity index (χ4v) is 3.19. The molecule has 31 heavy (non-hydrogen) atoms. The van der Waals surface area contributed by atoms with Gasteiger partial charge in [0.15, 0.2) is 13.2 Å². The van der Waals surface area contributed by atoms with Crippen LogP contribution in [0.15, 0.2) is 59.9 Å². The highest BCUT2D eigenvalue weighted by Gasteiger charge is 2.31. The van der Waals surface area contributed by atoms with Gasteiger partial charge < -0.3 is 25.0 Å². The van der Waals surface area contributed by atoms with Crippen LogP contribution in [-0.4, -0.2) is 45.0 Å². The summed E-state index contributed by atoms with van der Waals surface area (Å²) >= 11 is 0. The molecule has 0 fully saturated rings. The van der Waals surface area contributed by atoms with E-state index in [0.29, 0.717) is 11.6 Å². The molecule has 1 aliphatic rings. The molecule has 0 atom stereocenters. The van der Waals surface area contributed by atoms with E-state index >= 15 is 0 Å². The van der Waals surface area contributed by atoms with Crippen molar-refractivity contribution < 1.29 is 23.9 Å². The number of ether oxygens (including phenoxy) is 2. The summed E-state index contributed by atoms with van der Waals surface area (Å²) in [5.41, 5.74) is 6.80. The van der Waals surface area contributed by atoms with Crippen LogP contribution in [-0.2, 0) is 14.3 Å². The van der Waals surface area contributed by atoms with Crippen molar-refractivity contribution in [2.24, 2.45) is 5.73 Å². The molecule has 1 aliphatic heterocycles. The number of nitriles is 1. The molecule has 2 aromatic rings. The van der Waals surface area contributed by atoms with E-state index in [9.17, 15) is 19.6 Å². The number of anilines is 2. The maximum atomic E-state index is 12.7. The van der Waals surface area contributed by atoms with Gasteiger partial charge in [-0.3, -0.25) is 9.59 Å². The van der Waals surface area contributed by atoms with E-state index in [4.69, 9.17) is 15.2 Å². The Morgan fingerprint density at radius 3 is 2.06 bits per heavy atom. The molecule has 1 amide bonds. The molecule has 0 saturated heterocycles. The Balaban J connectivity index is 1.68. The summed E-state index contributed by atoms with van der Waals surface area (Å²) in [5, 5.41) is 9.60. The van der Waals surface area contributed by atoms with E-state index in [1.165, 1.54) is 24.3 Å². The highest BCUT2D eigenvalue weighted by atomic mass is 16.5. The Morgan fingerprint density at radius 1 is 0.968 bits per heavy atom. The number of Topliss-reactive ketones (excluding diaryl/α,β-unsaturated/α-hetero) is 1. The van der Waals surface area contributed by atoms with Crippen molar-refractivity contribution in [3.8, 4) is 11.8 Å². The molecule has 158 valence electrons. The maximum absolute atomic E-state index is 12.7. The van der Waals surface area contributed by atoms with E-state index < -0.39 is 24.3 Å². The predicted octanol–water partition coefficient (Wildman–Crippen LogP) is 1.60. The third-order valence-corrected chi connectivity index (χ3v) is 4.66. The minimum Gasteiger partial charge on any atom is -0.484 e. The number of esters is 1. The first-order chi connectivity index (χ1) is 14.8. The highest BCUT2D eigenvalue weighted by Crippen LogP contribution is 2.40. The van der Waals surface area contributed by atoms with Crippen molar-refractivity contribution in [3.63, 3.8) is 0 Å². The van der Waals surface area contributed by atoms with Crippen LogP contribution >= 0.6 is 0 Å². The number of primary amides is 1. The van der Waals surface area contributed by atoms with E-state index in [0.717, 1.165) is 11.4 Å². The van der Waals surface area contributed by atoms with Crippen molar-refractivity contribution in [2.45, 2.75) is 0 Å². The number of nitrogens with two attached hydrogens (primary N) is 1. The molecule has 2 N–H and O–H groups in total. The zero-order chi connectivity index (χ0) is 22.5. The number of benzene rings is 2. The summed E-state index contributed by atoms with van der Waals surface area (Å²) in [6, 6.07) is 15.3. The van der Waals surface area contributed by atoms with Gasteiger partial charge in [0.1, 0.15) is 23.2 Å². The summed E-state index contributed by atoms with van der Waals surface area (Å²) in [6.07, 6.45) is 0. The van der Waals surface area contributed by atoms with Crippen LogP contribution in [0.3, 0.4) is 0 Å². The fraction of sp³-hybridized carbons (Fsp3) is 0.182. The third kappa shape index (κ3) is 4.48. The number of carbonyl (C=O) groups excluding carboxylic acids is 3. The lowest BCUT2D eigenvalue weighted by molar-refractivity contribution is -0.120. The smallest absolute Gasteiger partial charge is 0.338 e. The number of ketones is 1. The molecule has 0 aromatic heterocycles. The zero-order valence-corrected chi connectivity index (χ0v) is 17.0. The molecule has 3 rings (SSSR count). The summed E-state index contributed by atoms with van der Waals surface area (Å²) in [6.45, 7) is -0.861. The van der Waals surface area contributed by atoms with Gasteiger partial charge in [-0.1, -0.05) is 12.1 Å².